The van der Waals surface area contributed by atoms with Gasteiger partial charge in [0.05, 0.1) is 4.92 Å². The summed E-state index contributed by atoms with van der Waals surface area (Å²) in [7, 11) is 0. The van der Waals surface area contributed by atoms with E-state index in [1.165, 1.54) is 17.7 Å². The molecule has 2 aromatic carbocycles. The van der Waals surface area contributed by atoms with Gasteiger partial charge >= 0.3 is 0 Å². The van der Waals surface area contributed by atoms with Crippen LogP contribution in [0.1, 0.15) is 5.56 Å². The van der Waals surface area contributed by atoms with Crippen LogP contribution in [0.15, 0.2) is 60.3 Å². The van der Waals surface area contributed by atoms with Gasteiger partial charge in [0.1, 0.15) is 17.4 Å². The zero-order valence-electron chi connectivity index (χ0n) is 14.2. The molecule has 1 fully saturated rings. The summed E-state index contributed by atoms with van der Waals surface area (Å²) in [5.74, 6) is 2.53. The number of rotatable bonds is 6. The molecule has 2 aromatic rings. The summed E-state index contributed by atoms with van der Waals surface area (Å²) < 4.78 is 5.65. The van der Waals surface area contributed by atoms with E-state index in [0.29, 0.717) is 24.5 Å². The largest absolute Gasteiger partial charge is 0.473 e. The Morgan fingerprint density at radius 3 is 2.46 bits per heavy atom. The molecule has 0 aromatic heterocycles. The lowest BCUT2D eigenvalue weighted by Crippen LogP contribution is -2.45. The number of non-ortho nitro benzene ring substituents is 1. The van der Waals surface area contributed by atoms with Gasteiger partial charge in [-0.3, -0.25) is 15.0 Å². The van der Waals surface area contributed by atoms with E-state index in [2.05, 4.69) is 17.0 Å². The molecule has 1 aliphatic rings. The van der Waals surface area contributed by atoms with Crippen LogP contribution in [-0.4, -0.2) is 47.0 Å². The highest BCUT2D eigenvalue weighted by molar-refractivity contribution is 5.52. The average Bonchev–Trinajstić information content (AvgIpc) is 2.68. The van der Waals surface area contributed by atoms with E-state index in [4.69, 9.17) is 4.74 Å². The zero-order valence-corrected chi connectivity index (χ0v) is 14.2. The molecule has 0 N–H and O–H groups in total. The van der Waals surface area contributed by atoms with Crippen molar-refractivity contribution in [2.24, 2.45) is 0 Å². The lowest BCUT2D eigenvalue weighted by molar-refractivity contribution is -0.384. The molecule has 0 bridgehead atoms. The van der Waals surface area contributed by atoms with Crippen LogP contribution < -0.4 is 4.74 Å². The summed E-state index contributed by atoms with van der Waals surface area (Å²) in [6.07, 6.45) is 0. The summed E-state index contributed by atoms with van der Waals surface area (Å²) >= 11 is 0. The highest BCUT2D eigenvalue weighted by Crippen LogP contribution is 2.19. The second kappa shape index (κ2) is 8.29. The molecule has 7 nitrogen and oxygen atoms in total. The van der Waals surface area contributed by atoms with Gasteiger partial charge in [0.15, 0.2) is 6.73 Å². The Bertz CT molecular complexity index is 801. The summed E-state index contributed by atoms with van der Waals surface area (Å²) in [6, 6.07) is 16.0. The number of carbonyl (C=O) groups excluding carboxylic acids is 1. The van der Waals surface area contributed by atoms with Crippen LogP contribution >= 0.6 is 0 Å². The third kappa shape index (κ3) is 4.47. The van der Waals surface area contributed by atoms with E-state index in [0.717, 1.165) is 13.1 Å². The van der Waals surface area contributed by atoms with Crippen molar-refractivity contribution in [3.05, 3.63) is 76.0 Å². The summed E-state index contributed by atoms with van der Waals surface area (Å²) in [6.45, 7) is 2.97. The second-order valence-corrected chi connectivity index (χ2v) is 6.03. The molecule has 1 heterocycles. The Kier molecular flexibility index (Phi) is 5.63. The van der Waals surface area contributed by atoms with Crippen molar-refractivity contribution < 1.29 is 14.5 Å². The van der Waals surface area contributed by atoms with Crippen molar-refractivity contribution >= 4 is 11.6 Å². The molecule has 1 aliphatic heterocycles. The topological polar surface area (TPSA) is 75.9 Å². The number of nitrogens with zero attached hydrogens (tertiary/aromatic N) is 3. The Balaban J connectivity index is 1.54. The van der Waals surface area contributed by atoms with Crippen molar-refractivity contribution in [2.75, 3.05) is 26.4 Å². The molecule has 26 heavy (non-hydrogen) atoms. The summed E-state index contributed by atoms with van der Waals surface area (Å²) in [5.41, 5.74) is 1.77. The van der Waals surface area contributed by atoms with E-state index in [1.807, 2.05) is 29.0 Å². The Morgan fingerprint density at radius 2 is 1.81 bits per heavy atom. The average molecular weight is 353 g/mol. The molecule has 0 amide bonds. The first-order chi connectivity index (χ1) is 12.7. The minimum atomic E-state index is -0.455. The maximum atomic E-state index is 11.3. The van der Waals surface area contributed by atoms with Crippen molar-refractivity contribution in [3.8, 4) is 5.75 Å². The van der Waals surface area contributed by atoms with Crippen LogP contribution in [0.2, 0.25) is 0 Å². The van der Waals surface area contributed by atoms with Crippen LogP contribution in [0.5, 0.6) is 5.75 Å². The lowest BCUT2D eigenvalue weighted by atomic mass is 10.2. The van der Waals surface area contributed by atoms with Gasteiger partial charge < -0.3 is 9.64 Å². The first kappa shape index (κ1) is 17.7. The zero-order chi connectivity index (χ0) is 18.4. The molecular formula is C19H19N3O4. The third-order valence-corrected chi connectivity index (χ3v) is 4.24. The van der Waals surface area contributed by atoms with Crippen molar-refractivity contribution in [2.45, 2.75) is 6.54 Å². The number of hydrogen-bond acceptors (Lipinski definition) is 6. The van der Waals surface area contributed by atoms with Gasteiger partial charge in [-0.05, 0) is 17.7 Å². The molecule has 0 radical (unpaired) electrons. The monoisotopic (exact) mass is 353 g/mol. The summed E-state index contributed by atoms with van der Waals surface area (Å²) in [4.78, 5) is 25.6. The van der Waals surface area contributed by atoms with Gasteiger partial charge in [-0.2, -0.15) is 0 Å². The van der Waals surface area contributed by atoms with Gasteiger partial charge in [0.25, 0.3) is 5.69 Å². The normalized spacial score (nSPS) is 14.8. The fourth-order valence-corrected chi connectivity index (χ4v) is 2.82. The first-order valence-electron chi connectivity index (χ1n) is 8.28. The second-order valence-electron chi connectivity index (χ2n) is 6.03. The molecule has 7 heteroatoms. The molecule has 0 saturated carbocycles. The van der Waals surface area contributed by atoms with Crippen LogP contribution in [0, 0.1) is 10.1 Å². The summed E-state index contributed by atoms with van der Waals surface area (Å²) in [5, 5.41) is 10.7. The minimum Gasteiger partial charge on any atom is -0.473 e. The molecule has 1 saturated heterocycles. The maximum Gasteiger partial charge on any atom is 0.269 e. The third-order valence-electron chi connectivity index (χ3n) is 4.24. The fraction of sp³-hybridized carbons (Fsp3) is 0.263. The van der Waals surface area contributed by atoms with Gasteiger partial charge in [0.2, 0.25) is 0 Å². The van der Waals surface area contributed by atoms with E-state index in [-0.39, 0.29) is 12.4 Å². The number of ether oxygens (including phenoxy) is 1. The predicted octanol–water partition coefficient (Wildman–Crippen LogP) is 2.46. The highest BCUT2D eigenvalue weighted by atomic mass is 16.6. The van der Waals surface area contributed by atoms with Crippen LogP contribution in [0.4, 0.5) is 5.69 Å². The Morgan fingerprint density at radius 1 is 1.08 bits per heavy atom. The number of nitro benzene ring substituents is 1. The first-order valence-corrected chi connectivity index (χ1v) is 8.28. The van der Waals surface area contributed by atoms with Crippen molar-refractivity contribution in [3.63, 3.8) is 0 Å². The Labute approximate surface area is 151 Å². The van der Waals surface area contributed by atoms with Crippen molar-refractivity contribution in [1.82, 2.24) is 9.80 Å². The van der Waals surface area contributed by atoms with Crippen molar-refractivity contribution in [1.29, 1.82) is 0 Å². The van der Waals surface area contributed by atoms with Gasteiger partial charge in [-0.25, -0.2) is 4.79 Å². The fourth-order valence-electron chi connectivity index (χ4n) is 2.82. The standard InChI is InChI=1S/C19H19N3O4/c23-14-18-13-20(12-16-4-2-1-3-5-16)10-11-21(18)15-26-19-8-6-17(7-9-19)22(24)25/h1-9H,10-13,15H2. The quantitative estimate of drug-likeness (QED) is 0.451. The van der Waals surface area contributed by atoms with E-state index < -0.39 is 4.92 Å². The SMILES string of the molecule is O=C=C1CN(Cc2ccccc2)CCN1COc1ccc([N+](=O)[O-])cc1. The molecule has 134 valence electrons. The van der Waals surface area contributed by atoms with Crippen LogP contribution in [0.25, 0.3) is 0 Å². The molecule has 0 unspecified atom stereocenters. The van der Waals surface area contributed by atoms with Crippen LogP contribution in [-0.2, 0) is 11.3 Å². The molecule has 0 spiro atoms. The number of piperazine rings is 1. The molecule has 0 aliphatic carbocycles. The van der Waals surface area contributed by atoms with Gasteiger partial charge in [-0.15, -0.1) is 0 Å². The van der Waals surface area contributed by atoms with Gasteiger partial charge in [-0.1, -0.05) is 30.3 Å². The maximum absolute atomic E-state index is 11.3. The number of nitro groups is 1. The lowest BCUT2D eigenvalue weighted by Gasteiger charge is -2.36. The Hall–Kier alpha value is -3.15. The number of hydrogen-bond donors (Lipinski definition) is 0. The van der Waals surface area contributed by atoms with Gasteiger partial charge in [0, 0.05) is 38.3 Å². The molecular weight excluding hydrogens is 334 g/mol. The van der Waals surface area contributed by atoms with Crippen LogP contribution in [0.3, 0.4) is 0 Å². The number of benzene rings is 2. The molecule has 0 atom stereocenters. The minimum absolute atomic E-state index is 0.0142. The predicted molar refractivity (Wildman–Crippen MR) is 96.2 cm³/mol. The van der Waals surface area contributed by atoms with E-state index in [9.17, 15) is 14.9 Å². The van der Waals surface area contributed by atoms with E-state index >= 15 is 0 Å². The highest BCUT2D eigenvalue weighted by Gasteiger charge is 2.22. The smallest absolute Gasteiger partial charge is 0.269 e. The van der Waals surface area contributed by atoms with E-state index in [1.54, 1.807) is 12.1 Å². The molecule has 3 rings (SSSR count).